The Kier molecular flexibility index (Phi) is 5.12. The lowest BCUT2D eigenvalue weighted by atomic mass is 9.79. The molecule has 4 aromatic rings. The molecule has 5 rings (SSSR count). The molecular formula is C22H16ClF4N5O. The van der Waals surface area contributed by atoms with Crippen LogP contribution < -0.4 is 5.32 Å². The van der Waals surface area contributed by atoms with Gasteiger partial charge in [-0.3, -0.25) is 14.5 Å². The van der Waals surface area contributed by atoms with E-state index in [0.29, 0.717) is 16.6 Å². The minimum Gasteiger partial charge on any atom is -0.357 e. The van der Waals surface area contributed by atoms with E-state index in [0.717, 1.165) is 0 Å². The third kappa shape index (κ3) is 4.18. The summed E-state index contributed by atoms with van der Waals surface area (Å²) in [6, 6.07) is 3.94. The number of halogens is 5. The van der Waals surface area contributed by atoms with Crippen LogP contribution in [0.15, 0.2) is 43.0 Å². The van der Waals surface area contributed by atoms with Crippen molar-refractivity contribution in [3.63, 3.8) is 0 Å². The Morgan fingerprint density at radius 3 is 2.73 bits per heavy atom. The second kappa shape index (κ2) is 7.87. The predicted octanol–water partition coefficient (Wildman–Crippen LogP) is 5.50. The molecule has 1 aliphatic carbocycles. The molecule has 1 aromatic carbocycles. The van der Waals surface area contributed by atoms with Gasteiger partial charge in [0.1, 0.15) is 11.6 Å². The van der Waals surface area contributed by atoms with Gasteiger partial charge in [-0.15, -0.1) is 0 Å². The number of aromatic amines is 1. The summed E-state index contributed by atoms with van der Waals surface area (Å²) in [6.45, 7) is 0.131. The van der Waals surface area contributed by atoms with Crippen molar-refractivity contribution in [1.82, 2.24) is 19.7 Å². The molecule has 2 N–H and O–H groups in total. The number of fused-ring (bicyclic) bond motifs is 1. The van der Waals surface area contributed by atoms with Gasteiger partial charge in [0.15, 0.2) is 0 Å². The molecule has 1 fully saturated rings. The highest BCUT2D eigenvalue weighted by Crippen LogP contribution is 2.48. The van der Waals surface area contributed by atoms with Gasteiger partial charge in [-0.2, -0.15) is 5.10 Å². The van der Waals surface area contributed by atoms with Gasteiger partial charge in [-0.1, -0.05) is 11.6 Å². The number of aromatic nitrogens is 4. The van der Waals surface area contributed by atoms with Crippen molar-refractivity contribution in [3.05, 3.63) is 76.5 Å². The lowest BCUT2D eigenvalue weighted by molar-refractivity contribution is -0.0882. The first kappa shape index (κ1) is 21.4. The predicted molar refractivity (Wildman–Crippen MR) is 114 cm³/mol. The Bertz CT molecular complexity index is 1370. The van der Waals surface area contributed by atoms with E-state index in [2.05, 4.69) is 20.4 Å². The van der Waals surface area contributed by atoms with E-state index < -0.39 is 42.2 Å². The van der Waals surface area contributed by atoms with E-state index in [4.69, 9.17) is 11.6 Å². The Hall–Kier alpha value is -3.40. The molecule has 170 valence electrons. The standard InChI is InChI=1S/C22H16ClF4N5O/c23-14-2-15-18(8-29-20(15)17(25)3-14)31-21(33)13-7-30-32(10-13)9-11-1-16(24)19(28-6-11)12-4-22(26,27)5-12/h1-3,6-8,10,12,29H,4-5,9H2,(H,31,33). The van der Waals surface area contributed by atoms with Gasteiger partial charge in [-0.25, -0.2) is 17.6 Å². The number of hydrogen-bond donors (Lipinski definition) is 2. The maximum absolute atomic E-state index is 14.4. The summed E-state index contributed by atoms with van der Waals surface area (Å²) in [5, 5.41) is 7.40. The molecule has 0 bridgehead atoms. The van der Waals surface area contributed by atoms with E-state index in [9.17, 15) is 22.4 Å². The minimum absolute atomic E-state index is 0.0421. The van der Waals surface area contributed by atoms with Crippen LogP contribution >= 0.6 is 11.6 Å². The highest BCUT2D eigenvalue weighted by atomic mass is 35.5. The van der Waals surface area contributed by atoms with Gasteiger partial charge < -0.3 is 10.3 Å². The van der Waals surface area contributed by atoms with Gasteiger partial charge >= 0.3 is 0 Å². The zero-order valence-electron chi connectivity index (χ0n) is 16.9. The molecule has 1 aliphatic rings. The average molecular weight is 478 g/mol. The molecule has 3 heterocycles. The first-order valence-electron chi connectivity index (χ1n) is 10.0. The molecule has 0 unspecified atom stereocenters. The molecule has 1 saturated carbocycles. The number of carbonyl (C=O) groups excluding carboxylic acids is 1. The van der Waals surface area contributed by atoms with Crippen molar-refractivity contribution >= 4 is 34.1 Å². The third-order valence-electron chi connectivity index (χ3n) is 5.60. The summed E-state index contributed by atoms with van der Waals surface area (Å²) < 4.78 is 55.9. The number of hydrogen-bond acceptors (Lipinski definition) is 3. The summed E-state index contributed by atoms with van der Waals surface area (Å²) in [7, 11) is 0. The summed E-state index contributed by atoms with van der Waals surface area (Å²) in [5.74, 6) is -4.99. The highest BCUT2D eigenvalue weighted by molar-refractivity contribution is 6.31. The first-order chi connectivity index (χ1) is 15.7. The second-order valence-electron chi connectivity index (χ2n) is 8.06. The molecule has 0 aliphatic heterocycles. The zero-order chi connectivity index (χ0) is 23.3. The number of anilines is 1. The molecule has 0 spiro atoms. The maximum Gasteiger partial charge on any atom is 0.258 e. The normalized spacial score (nSPS) is 15.5. The fourth-order valence-corrected chi connectivity index (χ4v) is 4.14. The molecule has 11 heteroatoms. The molecular weight excluding hydrogens is 462 g/mol. The number of nitrogens with zero attached hydrogens (tertiary/aromatic N) is 3. The van der Waals surface area contributed by atoms with Gasteiger partial charge in [0.2, 0.25) is 5.92 Å². The van der Waals surface area contributed by atoms with E-state index in [1.165, 1.54) is 47.7 Å². The maximum atomic E-state index is 14.4. The van der Waals surface area contributed by atoms with E-state index >= 15 is 0 Å². The van der Waals surface area contributed by atoms with Crippen LogP contribution in [0.1, 0.15) is 40.4 Å². The van der Waals surface area contributed by atoms with Crippen LogP contribution in [0.2, 0.25) is 5.02 Å². The topological polar surface area (TPSA) is 75.6 Å². The van der Waals surface area contributed by atoms with E-state index in [1.54, 1.807) is 0 Å². The van der Waals surface area contributed by atoms with Crippen LogP contribution in [0.25, 0.3) is 10.9 Å². The van der Waals surface area contributed by atoms with E-state index in [-0.39, 0.29) is 28.3 Å². The van der Waals surface area contributed by atoms with Crippen molar-refractivity contribution in [1.29, 1.82) is 0 Å². The van der Waals surface area contributed by atoms with Crippen LogP contribution in [0, 0.1) is 11.6 Å². The van der Waals surface area contributed by atoms with Crippen molar-refractivity contribution in [2.45, 2.75) is 31.2 Å². The Morgan fingerprint density at radius 2 is 2.00 bits per heavy atom. The summed E-state index contributed by atoms with van der Waals surface area (Å²) >= 11 is 5.90. The zero-order valence-corrected chi connectivity index (χ0v) is 17.6. The Morgan fingerprint density at radius 1 is 1.21 bits per heavy atom. The molecule has 6 nitrogen and oxygen atoms in total. The summed E-state index contributed by atoms with van der Waals surface area (Å²) in [6.07, 6.45) is 4.88. The average Bonchev–Trinajstić information content (AvgIpc) is 3.34. The number of carbonyl (C=O) groups is 1. The number of alkyl halides is 2. The number of benzene rings is 1. The quantitative estimate of drug-likeness (QED) is 0.372. The molecule has 3 aromatic heterocycles. The summed E-state index contributed by atoms with van der Waals surface area (Å²) in [5.41, 5.74) is 1.31. The van der Waals surface area contributed by atoms with Crippen LogP contribution in [0.4, 0.5) is 23.2 Å². The number of amides is 1. The van der Waals surface area contributed by atoms with Crippen LogP contribution in [0.5, 0.6) is 0 Å². The molecule has 1 amide bonds. The monoisotopic (exact) mass is 477 g/mol. The van der Waals surface area contributed by atoms with Crippen LogP contribution in [-0.2, 0) is 6.54 Å². The number of H-pyrrole nitrogens is 1. The van der Waals surface area contributed by atoms with Crippen molar-refractivity contribution < 1.29 is 22.4 Å². The third-order valence-corrected chi connectivity index (χ3v) is 5.82. The van der Waals surface area contributed by atoms with Crippen LogP contribution in [0.3, 0.4) is 0 Å². The minimum atomic E-state index is -2.75. The number of nitrogens with one attached hydrogen (secondary N) is 2. The highest BCUT2D eigenvalue weighted by Gasteiger charge is 2.47. The van der Waals surface area contributed by atoms with Crippen LogP contribution in [-0.4, -0.2) is 31.6 Å². The molecule has 0 atom stereocenters. The van der Waals surface area contributed by atoms with Gasteiger partial charge in [-0.05, 0) is 23.8 Å². The fourth-order valence-electron chi connectivity index (χ4n) is 3.94. The van der Waals surface area contributed by atoms with E-state index in [1.807, 2.05) is 0 Å². The molecule has 0 saturated heterocycles. The van der Waals surface area contributed by atoms with Crippen molar-refractivity contribution in [3.8, 4) is 0 Å². The number of pyridine rings is 1. The smallest absolute Gasteiger partial charge is 0.258 e. The van der Waals surface area contributed by atoms with Gasteiger partial charge in [0, 0.05) is 47.8 Å². The SMILES string of the molecule is O=C(Nc1c[nH]c2c(F)cc(Cl)cc12)c1cnn(Cc2cnc(C3CC(F)(F)C3)c(F)c2)c1. The van der Waals surface area contributed by atoms with Gasteiger partial charge in [0.05, 0.1) is 35.2 Å². The molecule has 0 radical (unpaired) electrons. The molecule has 33 heavy (non-hydrogen) atoms. The Balaban J connectivity index is 1.28. The van der Waals surface area contributed by atoms with Crippen molar-refractivity contribution in [2.75, 3.05) is 5.32 Å². The largest absolute Gasteiger partial charge is 0.357 e. The van der Waals surface area contributed by atoms with Gasteiger partial charge in [0.25, 0.3) is 5.91 Å². The summed E-state index contributed by atoms with van der Waals surface area (Å²) in [4.78, 5) is 19.4. The number of rotatable bonds is 5. The lowest BCUT2D eigenvalue weighted by Crippen LogP contribution is -2.34. The first-order valence-corrected chi connectivity index (χ1v) is 10.4. The second-order valence-corrected chi connectivity index (χ2v) is 8.50. The lowest BCUT2D eigenvalue weighted by Gasteiger charge is -2.34. The Labute approximate surface area is 189 Å². The van der Waals surface area contributed by atoms with Crippen molar-refractivity contribution in [2.24, 2.45) is 0 Å². The fraction of sp³-hybridized carbons (Fsp3) is 0.227.